The Hall–Kier alpha value is -1.26. The van der Waals surface area contributed by atoms with Crippen molar-refractivity contribution in [1.82, 2.24) is 10.3 Å². The molecule has 0 atom stereocenters. The van der Waals surface area contributed by atoms with Gasteiger partial charge in [0, 0.05) is 6.54 Å². The summed E-state index contributed by atoms with van der Waals surface area (Å²) in [6.45, 7) is 0.632. The summed E-state index contributed by atoms with van der Waals surface area (Å²) in [5.41, 5.74) is 1.55. The number of furan rings is 1. The molecule has 0 aliphatic heterocycles. The van der Waals surface area contributed by atoms with Crippen LogP contribution in [-0.4, -0.2) is 12.0 Å². The summed E-state index contributed by atoms with van der Waals surface area (Å²) in [5, 5.41) is 3.31. The fourth-order valence-corrected chi connectivity index (χ4v) is 1.44. The SMILES string of the molecule is CNCc1ncoc1-c1ccoc1Cl. The molecule has 0 saturated carbocycles. The van der Waals surface area contributed by atoms with Crippen LogP contribution in [0.15, 0.2) is 27.6 Å². The molecule has 0 bridgehead atoms. The van der Waals surface area contributed by atoms with Gasteiger partial charge in [0.2, 0.25) is 5.22 Å². The van der Waals surface area contributed by atoms with Crippen molar-refractivity contribution in [3.8, 4) is 11.3 Å². The molecule has 0 aliphatic carbocycles. The van der Waals surface area contributed by atoms with Crippen molar-refractivity contribution in [2.24, 2.45) is 0 Å². The number of oxazole rings is 1. The van der Waals surface area contributed by atoms with Gasteiger partial charge < -0.3 is 14.2 Å². The van der Waals surface area contributed by atoms with E-state index in [0.29, 0.717) is 17.5 Å². The van der Waals surface area contributed by atoms with E-state index in [9.17, 15) is 0 Å². The summed E-state index contributed by atoms with van der Waals surface area (Å²) in [5.74, 6) is 0.651. The molecule has 0 aliphatic rings. The molecule has 0 spiro atoms. The first kappa shape index (κ1) is 9.30. The van der Waals surface area contributed by atoms with Crippen molar-refractivity contribution >= 4 is 11.6 Å². The fourth-order valence-electron chi connectivity index (χ4n) is 1.24. The van der Waals surface area contributed by atoms with Crippen LogP contribution in [0.1, 0.15) is 5.69 Å². The van der Waals surface area contributed by atoms with Crippen LogP contribution in [0.5, 0.6) is 0 Å². The third-order valence-corrected chi connectivity index (χ3v) is 2.14. The molecule has 2 aromatic heterocycles. The monoisotopic (exact) mass is 212 g/mol. The lowest BCUT2D eigenvalue weighted by molar-refractivity contribution is 0.557. The van der Waals surface area contributed by atoms with Gasteiger partial charge in [-0.3, -0.25) is 0 Å². The Balaban J connectivity index is 2.41. The molecule has 0 saturated heterocycles. The average Bonchev–Trinajstić information content (AvgIpc) is 2.74. The number of nitrogens with zero attached hydrogens (tertiary/aromatic N) is 1. The van der Waals surface area contributed by atoms with Gasteiger partial charge in [-0.25, -0.2) is 4.98 Å². The lowest BCUT2D eigenvalue weighted by atomic mass is 10.2. The van der Waals surface area contributed by atoms with E-state index in [2.05, 4.69) is 10.3 Å². The van der Waals surface area contributed by atoms with E-state index >= 15 is 0 Å². The molecular weight excluding hydrogens is 204 g/mol. The zero-order valence-electron chi connectivity index (χ0n) is 7.58. The van der Waals surface area contributed by atoms with Gasteiger partial charge in [0.25, 0.3) is 0 Å². The van der Waals surface area contributed by atoms with Gasteiger partial charge in [0.05, 0.1) is 11.8 Å². The lowest BCUT2D eigenvalue weighted by Crippen LogP contribution is -2.06. The van der Waals surface area contributed by atoms with Crippen LogP contribution in [0.3, 0.4) is 0 Å². The predicted octanol–water partition coefficient (Wildman–Crippen LogP) is 2.31. The van der Waals surface area contributed by atoms with E-state index in [1.807, 2.05) is 7.05 Å². The standard InChI is InChI=1S/C9H9ClN2O2/c1-11-4-7-8(14-5-12-7)6-2-3-13-9(6)10/h2-3,5,11H,4H2,1H3. The van der Waals surface area contributed by atoms with Gasteiger partial charge in [0.1, 0.15) is 5.69 Å². The molecule has 2 aromatic rings. The number of nitrogens with one attached hydrogen (secondary N) is 1. The first-order valence-corrected chi connectivity index (χ1v) is 4.51. The number of halogens is 1. The van der Waals surface area contributed by atoms with Crippen LogP contribution in [-0.2, 0) is 6.54 Å². The first-order valence-electron chi connectivity index (χ1n) is 4.13. The van der Waals surface area contributed by atoms with Gasteiger partial charge in [-0.15, -0.1) is 0 Å². The third kappa shape index (κ3) is 1.54. The molecule has 0 radical (unpaired) electrons. The highest BCUT2D eigenvalue weighted by Crippen LogP contribution is 2.30. The van der Waals surface area contributed by atoms with Crippen LogP contribution >= 0.6 is 11.6 Å². The molecule has 14 heavy (non-hydrogen) atoms. The van der Waals surface area contributed by atoms with Gasteiger partial charge in [-0.2, -0.15) is 0 Å². The summed E-state index contributed by atoms with van der Waals surface area (Å²) >= 11 is 5.83. The summed E-state index contributed by atoms with van der Waals surface area (Å²) in [7, 11) is 1.84. The van der Waals surface area contributed by atoms with E-state index in [0.717, 1.165) is 11.3 Å². The highest BCUT2D eigenvalue weighted by molar-refractivity contribution is 6.31. The number of aromatic nitrogens is 1. The minimum Gasteiger partial charge on any atom is -0.452 e. The minimum atomic E-state index is 0.319. The average molecular weight is 213 g/mol. The molecular formula is C9H9ClN2O2. The summed E-state index contributed by atoms with van der Waals surface area (Å²) < 4.78 is 10.2. The van der Waals surface area contributed by atoms with Crippen LogP contribution in [0.2, 0.25) is 5.22 Å². The highest BCUT2D eigenvalue weighted by atomic mass is 35.5. The van der Waals surface area contributed by atoms with Crippen LogP contribution in [0, 0.1) is 0 Å². The number of hydrogen-bond acceptors (Lipinski definition) is 4. The Morgan fingerprint density at radius 1 is 1.50 bits per heavy atom. The largest absolute Gasteiger partial charge is 0.452 e. The number of rotatable bonds is 3. The lowest BCUT2D eigenvalue weighted by Gasteiger charge is -1.97. The van der Waals surface area contributed by atoms with E-state index in [-0.39, 0.29) is 0 Å². The molecule has 1 N–H and O–H groups in total. The van der Waals surface area contributed by atoms with Crippen molar-refractivity contribution in [2.75, 3.05) is 7.05 Å². The number of hydrogen-bond donors (Lipinski definition) is 1. The van der Waals surface area contributed by atoms with Crippen molar-refractivity contribution < 1.29 is 8.83 Å². The maximum Gasteiger partial charge on any atom is 0.204 e. The smallest absolute Gasteiger partial charge is 0.204 e. The van der Waals surface area contributed by atoms with E-state index in [1.165, 1.54) is 12.7 Å². The van der Waals surface area contributed by atoms with Gasteiger partial charge >= 0.3 is 0 Å². The van der Waals surface area contributed by atoms with Gasteiger partial charge in [-0.1, -0.05) is 0 Å². The normalized spacial score (nSPS) is 10.7. The second kappa shape index (κ2) is 3.86. The molecule has 74 valence electrons. The summed E-state index contributed by atoms with van der Waals surface area (Å²) in [4.78, 5) is 4.07. The maximum atomic E-state index is 5.83. The van der Waals surface area contributed by atoms with E-state index < -0.39 is 0 Å². The highest BCUT2D eigenvalue weighted by Gasteiger charge is 2.14. The molecule has 5 heteroatoms. The fraction of sp³-hybridized carbons (Fsp3) is 0.222. The summed E-state index contributed by atoms with van der Waals surface area (Å²) in [6.07, 6.45) is 2.91. The topological polar surface area (TPSA) is 51.2 Å². The Bertz CT molecular complexity index is 422. The molecule has 0 fully saturated rings. The Kier molecular flexibility index (Phi) is 2.56. The van der Waals surface area contributed by atoms with Crippen molar-refractivity contribution in [3.05, 3.63) is 29.6 Å². The molecule has 0 aromatic carbocycles. The van der Waals surface area contributed by atoms with Crippen LogP contribution in [0.25, 0.3) is 11.3 Å². The first-order chi connectivity index (χ1) is 6.83. The molecule has 0 amide bonds. The van der Waals surface area contributed by atoms with Crippen molar-refractivity contribution in [1.29, 1.82) is 0 Å². The predicted molar refractivity (Wildman–Crippen MR) is 52.0 cm³/mol. The maximum absolute atomic E-state index is 5.83. The van der Waals surface area contributed by atoms with Crippen molar-refractivity contribution in [3.63, 3.8) is 0 Å². The second-order valence-electron chi connectivity index (χ2n) is 2.77. The molecule has 4 nitrogen and oxygen atoms in total. The molecule has 0 unspecified atom stereocenters. The van der Waals surface area contributed by atoms with E-state index in [4.69, 9.17) is 20.4 Å². The Morgan fingerprint density at radius 3 is 3.00 bits per heavy atom. The summed E-state index contributed by atoms with van der Waals surface area (Å²) in [6, 6.07) is 1.75. The van der Waals surface area contributed by atoms with E-state index in [1.54, 1.807) is 6.07 Å². The molecule has 2 rings (SSSR count). The zero-order chi connectivity index (χ0) is 9.97. The third-order valence-electron chi connectivity index (χ3n) is 1.85. The zero-order valence-corrected chi connectivity index (χ0v) is 8.34. The Morgan fingerprint density at radius 2 is 2.36 bits per heavy atom. The second-order valence-corrected chi connectivity index (χ2v) is 3.11. The minimum absolute atomic E-state index is 0.319. The quantitative estimate of drug-likeness (QED) is 0.848. The van der Waals surface area contributed by atoms with Gasteiger partial charge in [-0.05, 0) is 24.7 Å². The van der Waals surface area contributed by atoms with Crippen molar-refractivity contribution in [2.45, 2.75) is 6.54 Å². The molecule has 2 heterocycles. The van der Waals surface area contributed by atoms with Crippen LogP contribution in [0.4, 0.5) is 0 Å². The Labute approximate surface area is 85.9 Å². The van der Waals surface area contributed by atoms with Crippen LogP contribution < -0.4 is 5.32 Å². The van der Waals surface area contributed by atoms with Gasteiger partial charge in [0.15, 0.2) is 12.2 Å².